The smallest absolute Gasteiger partial charge is 0.223 e. The van der Waals surface area contributed by atoms with Gasteiger partial charge in [0, 0.05) is 6.42 Å². The van der Waals surface area contributed by atoms with E-state index < -0.39 is 5.60 Å². The van der Waals surface area contributed by atoms with Crippen LogP contribution < -0.4 is 5.73 Å². The van der Waals surface area contributed by atoms with Crippen LogP contribution in [0.1, 0.15) is 20.3 Å². The third kappa shape index (κ3) is 2.67. The molecule has 1 saturated heterocycles. The number of hydrogen-bond acceptors (Lipinski definition) is 3. The molecule has 76 valence electrons. The first kappa shape index (κ1) is 10.5. The Bertz CT molecular complexity index is 196. The summed E-state index contributed by atoms with van der Waals surface area (Å²) in [5.74, 6) is 0.336. The van der Waals surface area contributed by atoms with Crippen molar-refractivity contribution in [1.82, 2.24) is 4.90 Å². The average Bonchev–Trinajstić information content (AvgIpc) is 1.99. The summed E-state index contributed by atoms with van der Waals surface area (Å²) in [6.07, 6.45) is 0.493. The van der Waals surface area contributed by atoms with Gasteiger partial charge in [-0.3, -0.25) is 4.79 Å². The van der Waals surface area contributed by atoms with Crippen LogP contribution in [0, 0.1) is 5.92 Å². The summed E-state index contributed by atoms with van der Waals surface area (Å²) in [6, 6.07) is 0. The maximum atomic E-state index is 11.4. The van der Waals surface area contributed by atoms with Gasteiger partial charge in [-0.1, -0.05) is 6.92 Å². The second-order valence-electron chi connectivity index (χ2n) is 4.29. The third-order valence-corrected chi connectivity index (χ3v) is 2.34. The lowest BCUT2D eigenvalue weighted by molar-refractivity contribution is -0.153. The summed E-state index contributed by atoms with van der Waals surface area (Å²) in [6.45, 7) is 5.15. The Morgan fingerprint density at radius 1 is 1.69 bits per heavy atom. The molecule has 0 aromatic carbocycles. The molecule has 1 unspecified atom stereocenters. The van der Waals surface area contributed by atoms with Crippen molar-refractivity contribution in [3.63, 3.8) is 0 Å². The molecule has 0 radical (unpaired) electrons. The van der Waals surface area contributed by atoms with Gasteiger partial charge in [0.15, 0.2) is 0 Å². The quantitative estimate of drug-likeness (QED) is 0.628. The number of β-amino-alcohol motifs (C(OH)–C–C–N with tert-alkyl or cyclic N) is 1. The van der Waals surface area contributed by atoms with Crippen LogP contribution in [0.3, 0.4) is 0 Å². The summed E-state index contributed by atoms with van der Waals surface area (Å²) in [7, 11) is 0. The molecule has 1 rings (SSSR count). The highest BCUT2D eigenvalue weighted by molar-refractivity contribution is 5.77. The molecule has 0 spiro atoms. The lowest BCUT2D eigenvalue weighted by atomic mass is 9.95. The minimum atomic E-state index is -0.665. The predicted molar refractivity (Wildman–Crippen MR) is 50.0 cm³/mol. The Hall–Kier alpha value is -0.610. The number of nitrogens with two attached hydrogens (primary N) is 1. The highest BCUT2D eigenvalue weighted by Gasteiger charge is 2.39. The zero-order valence-electron chi connectivity index (χ0n) is 8.29. The Kier molecular flexibility index (Phi) is 2.93. The second kappa shape index (κ2) is 3.64. The maximum absolute atomic E-state index is 11.4. The number of carbonyl (C=O) groups is 1. The van der Waals surface area contributed by atoms with E-state index in [-0.39, 0.29) is 11.8 Å². The van der Waals surface area contributed by atoms with E-state index in [2.05, 4.69) is 0 Å². The predicted octanol–water partition coefficient (Wildman–Crippen LogP) is -0.435. The Morgan fingerprint density at radius 2 is 2.23 bits per heavy atom. The van der Waals surface area contributed by atoms with E-state index in [1.54, 1.807) is 11.8 Å². The van der Waals surface area contributed by atoms with Crippen LogP contribution in [0.5, 0.6) is 0 Å². The number of hydrogen-bond donors (Lipinski definition) is 2. The highest BCUT2D eigenvalue weighted by Crippen LogP contribution is 2.21. The van der Waals surface area contributed by atoms with Gasteiger partial charge >= 0.3 is 0 Å². The van der Waals surface area contributed by atoms with E-state index in [1.807, 2.05) is 6.92 Å². The third-order valence-electron chi connectivity index (χ3n) is 2.34. The topological polar surface area (TPSA) is 66.6 Å². The average molecular weight is 186 g/mol. The Balaban J connectivity index is 2.27. The normalized spacial score (nSPS) is 22.3. The van der Waals surface area contributed by atoms with Gasteiger partial charge in [0.05, 0.1) is 18.7 Å². The molecule has 4 nitrogen and oxygen atoms in total. The van der Waals surface area contributed by atoms with E-state index in [1.165, 1.54) is 0 Å². The molecule has 1 aliphatic rings. The summed E-state index contributed by atoms with van der Waals surface area (Å²) >= 11 is 0. The summed E-state index contributed by atoms with van der Waals surface area (Å²) in [4.78, 5) is 13.1. The van der Waals surface area contributed by atoms with Crippen molar-refractivity contribution < 1.29 is 9.90 Å². The van der Waals surface area contributed by atoms with Gasteiger partial charge in [0.25, 0.3) is 0 Å². The van der Waals surface area contributed by atoms with Crippen LogP contribution in [-0.4, -0.2) is 41.1 Å². The van der Waals surface area contributed by atoms with Gasteiger partial charge in [0.2, 0.25) is 5.91 Å². The molecule has 13 heavy (non-hydrogen) atoms. The van der Waals surface area contributed by atoms with Crippen LogP contribution in [0.25, 0.3) is 0 Å². The molecule has 1 heterocycles. The van der Waals surface area contributed by atoms with Crippen LogP contribution in [-0.2, 0) is 4.79 Å². The van der Waals surface area contributed by atoms with Gasteiger partial charge in [-0.15, -0.1) is 0 Å². The monoisotopic (exact) mass is 186 g/mol. The van der Waals surface area contributed by atoms with Gasteiger partial charge in [-0.05, 0) is 19.4 Å². The second-order valence-corrected chi connectivity index (χ2v) is 4.29. The highest BCUT2D eigenvalue weighted by atomic mass is 16.3. The molecule has 1 atom stereocenters. The molecule has 0 aliphatic carbocycles. The Labute approximate surface area is 78.7 Å². The minimum Gasteiger partial charge on any atom is -0.386 e. The van der Waals surface area contributed by atoms with Crippen LogP contribution in [0.15, 0.2) is 0 Å². The fraction of sp³-hybridized carbons (Fsp3) is 0.889. The molecule has 1 fully saturated rings. The summed E-state index contributed by atoms with van der Waals surface area (Å²) in [5.41, 5.74) is 4.75. The number of likely N-dealkylation sites (tertiary alicyclic amines) is 1. The number of aliphatic hydroxyl groups is 1. The molecular weight excluding hydrogens is 168 g/mol. The number of nitrogens with zero attached hydrogens (tertiary/aromatic N) is 1. The van der Waals surface area contributed by atoms with Crippen LogP contribution in [0.4, 0.5) is 0 Å². The minimum absolute atomic E-state index is 0.101. The summed E-state index contributed by atoms with van der Waals surface area (Å²) < 4.78 is 0. The van der Waals surface area contributed by atoms with Gasteiger partial charge < -0.3 is 15.7 Å². The first-order valence-corrected chi connectivity index (χ1v) is 4.65. The van der Waals surface area contributed by atoms with Crippen molar-refractivity contribution in [2.24, 2.45) is 11.7 Å². The molecule has 4 heteroatoms. The molecule has 3 N–H and O–H groups in total. The van der Waals surface area contributed by atoms with Crippen molar-refractivity contribution in [1.29, 1.82) is 0 Å². The van der Waals surface area contributed by atoms with Gasteiger partial charge in [-0.2, -0.15) is 0 Å². The van der Waals surface area contributed by atoms with E-state index in [4.69, 9.17) is 5.73 Å². The number of amides is 1. The largest absolute Gasteiger partial charge is 0.386 e. The Morgan fingerprint density at radius 3 is 2.62 bits per heavy atom. The number of rotatable bonds is 3. The molecule has 0 bridgehead atoms. The molecule has 0 saturated carbocycles. The van der Waals surface area contributed by atoms with Crippen molar-refractivity contribution in [3.05, 3.63) is 0 Å². The van der Waals surface area contributed by atoms with Crippen molar-refractivity contribution >= 4 is 5.91 Å². The van der Waals surface area contributed by atoms with Crippen molar-refractivity contribution in [2.45, 2.75) is 25.9 Å². The lowest BCUT2D eigenvalue weighted by Gasteiger charge is -2.44. The molecule has 0 aromatic heterocycles. The van der Waals surface area contributed by atoms with E-state index in [9.17, 15) is 9.90 Å². The fourth-order valence-electron chi connectivity index (χ4n) is 1.46. The molecule has 1 aliphatic heterocycles. The fourth-order valence-corrected chi connectivity index (χ4v) is 1.46. The zero-order chi connectivity index (χ0) is 10.1. The maximum Gasteiger partial charge on any atom is 0.223 e. The van der Waals surface area contributed by atoms with Crippen LogP contribution in [0.2, 0.25) is 0 Å². The van der Waals surface area contributed by atoms with E-state index >= 15 is 0 Å². The SMILES string of the molecule is CC(CN)CC(=O)N1CC(C)(O)C1. The first-order chi connectivity index (χ1) is 5.94. The van der Waals surface area contributed by atoms with Crippen molar-refractivity contribution in [3.8, 4) is 0 Å². The zero-order valence-corrected chi connectivity index (χ0v) is 8.29. The van der Waals surface area contributed by atoms with Gasteiger partial charge in [-0.25, -0.2) is 0 Å². The first-order valence-electron chi connectivity index (χ1n) is 4.65. The molecule has 0 aromatic rings. The van der Waals surface area contributed by atoms with Crippen LogP contribution >= 0.6 is 0 Å². The summed E-state index contributed by atoms with van der Waals surface area (Å²) in [5, 5.41) is 9.41. The molecular formula is C9H18N2O2. The lowest BCUT2D eigenvalue weighted by Crippen LogP contribution is -2.61. The molecule has 1 amide bonds. The number of carbonyl (C=O) groups excluding carboxylic acids is 1. The standard InChI is InChI=1S/C9H18N2O2/c1-7(4-10)3-8(12)11-5-9(2,13)6-11/h7,13H,3-6,10H2,1-2H3. The van der Waals surface area contributed by atoms with Gasteiger partial charge in [0.1, 0.15) is 0 Å². The van der Waals surface area contributed by atoms with E-state index in [0.717, 1.165) is 0 Å². The van der Waals surface area contributed by atoms with E-state index in [0.29, 0.717) is 26.1 Å². The van der Waals surface area contributed by atoms with Crippen molar-refractivity contribution in [2.75, 3.05) is 19.6 Å².